The molecule has 1 aliphatic heterocycles. The van der Waals surface area contributed by atoms with E-state index in [9.17, 15) is 13.2 Å². The summed E-state index contributed by atoms with van der Waals surface area (Å²) < 4.78 is 44.4. The minimum atomic E-state index is -4.30. The minimum Gasteiger partial charge on any atom is -0.384 e. The predicted octanol–water partition coefficient (Wildman–Crippen LogP) is 2.58. The van der Waals surface area contributed by atoms with Gasteiger partial charge in [-0.15, -0.1) is 0 Å². The SMILES string of the molecule is COCCc1nc(C2CCCCCN2C)n(CC(F)(F)F)n1. The Morgan fingerprint density at radius 1 is 1.27 bits per heavy atom. The lowest BCUT2D eigenvalue weighted by molar-refractivity contribution is -0.143. The fraction of sp³-hybridized carbons (Fsp3) is 0.857. The van der Waals surface area contributed by atoms with Gasteiger partial charge < -0.3 is 4.74 Å². The van der Waals surface area contributed by atoms with Crippen molar-refractivity contribution >= 4 is 0 Å². The molecule has 8 heteroatoms. The summed E-state index contributed by atoms with van der Waals surface area (Å²) in [5.74, 6) is 0.839. The molecule has 126 valence electrons. The highest BCUT2D eigenvalue weighted by atomic mass is 19.4. The molecule has 1 aromatic heterocycles. The molecule has 1 fully saturated rings. The number of hydrogen-bond donors (Lipinski definition) is 0. The summed E-state index contributed by atoms with van der Waals surface area (Å²) in [7, 11) is 3.49. The zero-order valence-corrected chi connectivity index (χ0v) is 13.1. The summed E-state index contributed by atoms with van der Waals surface area (Å²) in [5, 5.41) is 4.05. The second-order valence-corrected chi connectivity index (χ2v) is 5.75. The number of hydrogen-bond acceptors (Lipinski definition) is 4. The molecule has 0 N–H and O–H groups in total. The Kier molecular flexibility index (Phi) is 5.80. The molecule has 5 nitrogen and oxygen atoms in total. The van der Waals surface area contributed by atoms with E-state index in [0.29, 0.717) is 24.7 Å². The number of ether oxygens (including phenoxy) is 1. The van der Waals surface area contributed by atoms with Crippen molar-refractivity contribution in [3.05, 3.63) is 11.6 Å². The molecule has 0 saturated carbocycles. The Balaban J connectivity index is 2.27. The van der Waals surface area contributed by atoms with Crippen molar-refractivity contribution in [3.63, 3.8) is 0 Å². The van der Waals surface area contributed by atoms with E-state index in [2.05, 4.69) is 15.0 Å². The third-order valence-corrected chi connectivity index (χ3v) is 3.92. The van der Waals surface area contributed by atoms with Gasteiger partial charge in [0.1, 0.15) is 12.4 Å². The van der Waals surface area contributed by atoms with Gasteiger partial charge in [-0.25, -0.2) is 9.67 Å². The second-order valence-electron chi connectivity index (χ2n) is 5.75. The van der Waals surface area contributed by atoms with E-state index in [0.717, 1.165) is 36.9 Å². The largest absolute Gasteiger partial charge is 0.408 e. The van der Waals surface area contributed by atoms with Crippen LogP contribution in [0.5, 0.6) is 0 Å². The summed E-state index contributed by atoms with van der Waals surface area (Å²) in [4.78, 5) is 6.47. The molecule has 0 aromatic carbocycles. The fourth-order valence-corrected chi connectivity index (χ4v) is 2.81. The van der Waals surface area contributed by atoms with Crippen molar-refractivity contribution in [1.82, 2.24) is 19.7 Å². The topological polar surface area (TPSA) is 43.2 Å². The molecule has 0 radical (unpaired) electrons. The van der Waals surface area contributed by atoms with Crippen molar-refractivity contribution in [2.75, 3.05) is 27.3 Å². The zero-order chi connectivity index (χ0) is 16.2. The fourth-order valence-electron chi connectivity index (χ4n) is 2.81. The van der Waals surface area contributed by atoms with Crippen LogP contribution < -0.4 is 0 Å². The van der Waals surface area contributed by atoms with Crippen molar-refractivity contribution in [2.45, 2.75) is 50.9 Å². The first-order chi connectivity index (χ1) is 10.4. The molecule has 1 unspecified atom stereocenters. The summed E-state index contributed by atoms with van der Waals surface area (Å²) >= 11 is 0. The molecule has 22 heavy (non-hydrogen) atoms. The highest BCUT2D eigenvalue weighted by Crippen LogP contribution is 2.29. The van der Waals surface area contributed by atoms with Gasteiger partial charge in [0.15, 0.2) is 5.82 Å². The zero-order valence-electron chi connectivity index (χ0n) is 13.1. The van der Waals surface area contributed by atoms with Gasteiger partial charge in [-0.3, -0.25) is 4.90 Å². The number of methoxy groups -OCH3 is 1. The Hall–Kier alpha value is -1.15. The Labute approximate surface area is 128 Å². The first kappa shape index (κ1) is 17.2. The number of halogens is 3. The maximum absolute atomic E-state index is 12.8. The van der Waals surface area contributed by atoms with Gasteiger partial charge in [0, 0.05) is 13.5 Å². The molecule has 2 rings (SSSR count). The van der Waals surface area contributed by atoms with Gasteiger partial charge >= 0.3 is 6.18 Å². The Morgan fingerprint density at radius 2 is 2.05 bits per heavy atom. The van der Waals surface area contributed by atoms with E-state index >= 15 is 0 Å². The maximum atomic E-state index is 12.8. The molecular formula is C14H23F3N4O. The first-order valence-electron chi connectivity index (χ1n) is 7.60. The molecule has 0 amide bonds. The number of aromatic nitrogens is 3. The van der Waals surface area contributed by atoms with Crippen molar-refractivity contribution in [1.29, 1.82) is 0 Å². The predicted molar refractivity (Wildman–Crippen MR) is 75.5 cm³/mol. The highest BCUT2D eigenvalue weighted by Gasteiger charge is 2.33. The van der Waals surface area contributed by atoms with E-state index in [-0.39, 0.29) is 6.04 Å². The number of nitrogens with zero attached hydrogens (tertiary/aromatic N) is 4. The standard InChI is InChI=1S/C14H23F3N4O/c1-20-8-5-3-4-6-11(20)13-18-12(7-9-22-2)19-21(13)10-14(15,16)17/h11H,3-10H2,1-2H3. The highest BCUT2D eigenvalue weighted by molar-refractivity contribution is 5.01. The summed E-state index contributed by atoms with van der Waals surface area (Å²) in [6.45, 7) is 0.180. The van der Waals surface area contributed by atoms with Crippen LogP contribution in [0.25, 0.3) is 0 Å². The van der Waals surface area contributed by atoms with Crippen LogP contribution in [0.3, 0.4) is 0 Å². The van der Waals surface area contributed by atoms with Crippen LogP contribution in [0, 0.1) is 0 Å². The quantitative estimate of drug-likeness (QED) is 0.836. The molecule has 1 saturated heterocycles. The molecule has 0 bridgehead atoms. The van der Waals surface area contributed by atoms with Crippen LogP contribution in [0.1, 0.15) is 43.4 Å². The summed E-state index contributed by atoms with van der Waals surface area (Å²) in [5.41, 5.74) is 0. The van der Waals surface area contributed by atoms with Gasteiger partial charge in [-0.2, -0.15) is 18.3 Å². The molecular weight excluding hydrogens is 297 g/mol. The van der Waals surface area contributed by atoms with Gasteiger partial charge in [0.25, 0.3) is 0 Å². The van der Waals surface area contributed by atoms with Gasteiger partial charge in [0.2, 0.25) is 0 Å². The third kappa shape index (κ3) is 4.67. The van der Waals surface area contributed by atoms with E-state index < -0.39 is 12.7 Å². The average molecular weight is 320 g/mol. The van der Waals surface area contributed by atoms with E-state index in [1.54, 1.807) is 7.11 Å². The first-order valence-corrected chi connectivity index (χ1v) is 7.60. The molecule has 2 heterocycles. The van der Waals surface area contributed by atoms with Gasteiger partial charge in [-0.05, 0) is 26.4 Å². The lowest BCUT2D eigenvalue weighted by Crippen LogP contribution is -2.29. The van der Waals surface area contributed by atoms with Crippen LogP contribution in [-0.4, -0.2) is 53.1 Å². The summed E-state index contributed by atoms with van der Waals surface area (Å²) in [6, 6.07) is -0.103. The van der Waals surface area contributed by atoms with Crippen molar-refractivity contribution < 1.29 is 17.9 Å². The van der Waals surface area contributed by atoms with Crippen LogP contribution >= 0.6 is 0 Å². The van der Waals surface area contributed by atoms with Crippen LogP contribution in [-0.2, 0) is 17.7 Å². The van der Waals surface area contributed by atoms with Crippen LogP contribution in [0.15, 0.2) is 0 Å². The lowest BCUT2D eigenvalue weighted by Gasteiger charge is -2.25. The molecule has 1 aromatic rings. The lowest BCUT2D eigenvalue weighted by atomic mass is 10.1. The molecule has 1 aliphatic rings. The number of alkyl halides is 3. The molecule has 1 atom stereocenters. The maximum Gasteiger partial charge on any atom is 0.408 e. The number of rotatable bonds is 5. The minimum absolute atomic E-state index is 0.103. The van der Waals surface area contributed by atoms with Gasteiger partial charge in [0.05, 0.1) is 12.6 Å². The monoisotopic (exact) mass is 320 g/mol. The van der Waals surface area contributed by atoms with Crippen LogP contribution in [0.4, 0.5) is 13.2 Å². The van der Waals surface area contributed by atoms with Crippen molar-refractivity contribution in [2.24, 2.45) is 0 Å². The summed E-state index contributed by atoms with van der Waals surface area (Å²) in [6.07, 6.45) is 0.106. The normalized spacial score (nSPS) is 21.0. The Morgan fingerprint density at radius 3 is 2.73 bits per heavy atom. The molecule has 0 aliphatic carbocycles. The third-order valence-electron chi connectivity index (χ3n) is 3.92. The smallest absolute Gasteiger partial charge is 0.384 e. The average Bonchev–Trinajstić information content (AvgIpc) is 2.67. The second kappa shape index (κ2) is 7.41. The van der Waals surface area contributed by atoms with Crippen molar-refractivity contribution in [3.8, 4) is 0 Å². The van der Waals surface area contributed by atoms with E-state index in [1.165, 1.54) is 0 Å². The van der Waals surface area contributed by atoms with Gasteiger partial charge in [-0.1, -0.05) is 12.8 Å². The molecule has 0 spiro atoms. The van der Waals surface area contributed by atoms with E-state index in [1.807, 2.05) is 7.05 Å². The van der Waals surface area contributed by atoms with E-state index in [4.69, 9.17) is 4.74 Å². The Bertz CT molecular complexity index is 475. The van der Waals surface area contributed by atoms with Crippen LogP contribution in [0.2, 0.25) is 0 Å². The number of likely N-dealkylation sites (tertiary alicyclic amines) is 1.